The van der Waals surface area contributed by atoms with Crippen molar-refractivity contribution in [2.45, 2.75) is 6.92 Å². The quantitative estimate of drug-likeness (QED) is 0.387. The van der Waals surface area contributed by atoms with Crippen molar-refractivity contribution >= 4 is 23.7 Å². The number of hydrazone groups is 1. The first-order valence-corrected chi connectivity index (χ1v) is 8.08. The molecule has 0 spiro atoms. The van der Waals surface area contributed by atoms with E-state index in [1.807, 2.05) is 13.0 Å². The lowest BCUT2D eigenvalue weighted by Gasteiger charge is -2.07. The highest BCUT2D eigenvalue weighted by Gasteiger charge is 2.08. The van der Waals surface area contributed by atoms with Gasteiger partial charge < -0.3 is 15.2 Å². The van der Waals surface area contributed by atoms with E-state index in [2.05, 4.69) is 15.8 Å². The van der Waals surface area contributed by atoms with Gasteiger partial charge in [0.05, 0.1) is 17.7 Å². The van der Waals surface area contributed by atoms with E-state index in [1.54, 1.807) is 18.2 Å². The lowest BCUT2D eigenvalue weighted by molar-refractivity contribution is -0.398. The van der Waals surface area contributed by atoms with Crippen LogP contribution < -0.4 is 20.6 Å². The van der Waals surface area contributed by atoms with E-state index in [0.717, 1.165) is 23.9 Å². The third-order valence-corrected chi connectivity index (χ3v) is 3.39. The molecule has 0 aromatic heterocycles. The number of aryl methyl sites for hydroxylation is 1. The molecule has 146 valence electrons. The summed E-state index contributed by atoms with van der Waals surface area (Å²) in [5, 5.41) is 28.0. The minimum Gasteiger partial charge on any atom is -0.868 e. The molecule has 2 aromatic rings. The Bertz CT molecular complexity index is 913. The number of nitro groups is 1. The van der Waals surface area contributed by atoms with Crippen molar-refractivity contribution in [3.8, 4) is 11.5 Å². The molecular formula is C18H17N4O6-. The Hall–Kier alpha value is -3.95. The molecule has 2 N–H and O–H groups in total. The first-order valence-electron chi connectivity index (χ1n) is 8.08. The van der Waals surface area contributed by atoms with E-state index in [1.165, 1.54) is 6.07 Å². The summed E-state index contributed by atoms with van der Waals surface area (Å²) in [6.45, 7) is 1.32. The van der Waals surface area contributed by atoms with Crippen molar-refractivity contribution < 1.29 is 24.4 Å². The number of nitro benzene ring substituents is 1. The second kappa shape index (κ2) is 9.67. The van der Waals surface area contributed by atoms with Crippen molar-refractivity contribution in [3.63, 3.8) is 0 Å². The number of rotatable bonds is 8. The summed E-state index contributed by atoms with van der Waals surface area (Å²) in [7, 11) is 0. The van der Waals surface area contributed by atoms with Gasteiger partial charge in [0.2, 0.25) is 0 Å². The van der Waals surface area contributed by atoms with Crippen molar-refractivity contribution in [1.29, 1.82) is 0 Å². The van der Waals surface area contributed by atoms with Gasteiger partial charge in [-0.2, -0.15) is 5.10 Å². The normalized spacial score (nSPS) is 10.5. The van der Waals surface area contributed by atoms with Crippen LogP contribution in [-0.2, 0) is 9.59 Å². The highest BCUT2D eigenvalue weighted by molar-refractivity contribution is 5.87. The number of hydrogen-bond donors (Lipinski definition) is 2. The van der Waals surface area contributed by atoms with E-state index in [-0.39, 0.29) is 18.7 Å². The zero-order valence-corrected chi connectivity index (χ0v) is 14.9. The summed E-state index contributed by atoms with van der Waals surface area (Å²) >= 11 is 0. The standard InChI is InChI=1S/C18H18N4O6/c1-12-3-2-4-14(7-12)28-11-18(25)19-10-17(24)21-20-9-13-5-6-16(23)15(8-13)22(26)27/h2-9,23H,10-11H2,1H3,(H,19,25)(H,21,24)/p-1/b20-9-. The highest BCUT2D eigenvalue weighted by atomic mass is 16.6. The van der Waals surface area contributed by atoms with Crippen LogP contribution in [0.4, 0.5) is 5.69 Å². The van der Waals surface area contributed by atoms with Crippen LogP contribution in [-0.4, -0.2) is 36.1 Å². The zero-order valence-electron chi connectivity index (χ0n) is 14.9. The van der Waals surface area contributed by atoms with Crippen LogP contribution in [0.15, 0.2) is 47.6 Å². The van der Waals surface area contributed by atoms with Gasteiger partial charge in [0.25, 0.3) is 17.5 Å². The Kier molecular flexibility index (Phi) is 7.03. The van der Waals surface area contributed by atoms with Gasteiger partial charge in [-0.3, -0.25) is 19.7 Å². The average Bonchev–Trinajstić information content (AvgIpc) is 2.66. The number of benzene rings is 2. The lowest BCUT2D eigenvalue weighted by atomic mass is 10.2. The van der Waals surface area contributed by atoms with Gasteiger partial charge in [0.1, 0.15) is 5.75 Å². The Morgan fingerprint density at radius 2 is 2.00 bits per heavy atom. The molecule has 0 saturated carbocycles. The molecule has 0 aliphatic heterocycles. The smallest absolute Gasteiger partial charge is 0.262 e. The van der Waals surface area contributed by atoms with Gasteiger partial charge in [-0.15, -0.1) is 0 Å². The number of hydrogen-bond acceptors (Lipinski definition) is 7. The third-order valence-electron chi connectivity index (χ3n) is 3.39. The van der Waals surface area contributed by atoms with Crippen LogP contribution in [0, 0.1) is 17.0 Å². The molecule has 0 unspecified atom stereocenters. The number of nitrogens with one attached hydrogen (secondary N) is 2. The summed E-state index contributed by atoms with van der Waals surface area (Å²) in [4.78, 5) is 33.2. The Morgan fingerprint density at radius 1 is 1.21 bits per heavy atom. The number of carbonyl (C=O) groups excluding carboxylic acids is 2. The van der Waals surface area contributed by atoms with Crippen molar-refractivity contribution in [2.24, 2.45) is 5.10 Å². The molecule has 2 amide bonds. The summed E-state index contributed by atoms with van der Waals surface area (Å²) in [5.74, 6) is -1.26. The maximum atomic E-state index is 11.7. The molecular weight excluding hydrogens is 368 g/mol. The molecule has 0 heterocycles. The predicted octanol–water partition coefficient (Wildman–Crippen LogP) is 0.622. The summed E-state index contributed by atoms with van der Waals surface area (Å²) in [5.41, 5.74) is 2.83. The molecule has 0 radical (unpaired) electrons. The molecule has 0 bridgehead atoms. The summed E-state index contributed by atoms with van der Waals surface area (Å²) in [6, 6.07) is 10.6. The van der Waals surface area contributed by atoms with E-state index in [9.17, 15) is 24.8 Å². The van der Waals surface area contributed by atoms with Crippen molar-refractivity contribution in [2.75, 3.05) is 13.2 Å². The van der Waals surface area contributed by atoms with Crippen LogP contribution in [0.25, 0.3) is 0 Å². The van der Waals surface area contributed by atoms with Crippen LogP contribution in [0.2, 0.25) is 0 Å². The van der Waals surface area contributed by atoms with Gasteiger partial charge in [-0.05, 0) is 30.4 Å². The number of amides is 2. The minimum atomic E-state index is -0.799. The van der Waals surface area contributed by atoms with Crippen LogP contribution >= 0.6 is 0 Å². The second-order valence-electron chi connectivity index (χ2n) is 5.66. The maximum absolute atomic E-state index is 11.7. The Morgan fingerprint density at radius 3 is 2.71 bits per heavy atom. The molecule has 10 heteroatoms. The van der Waals surface area contributed by atoms with E-state index in [0.29, 0.717) is 5.75 Å². The molecule has 2 rings (SSSR count). The Labute approximate surface area is 160 Å². The molecule has 0 aliphatic carbocycles. The third kappa shape index (κ3) is 6.41. The molecule has 0 aliphatic rings. The zero-order chi connectivity index (χ0) is 20.5. The van der Waals surface area contributed by atoms with Gasteiger partial charge in [-0.1, -0.05) is 24.3 Å². The molecule has 2 aromatic carbocycles. The predicted molar refractivity (Wildman–Crippen MR) is 98.0 cm³/mol. The highest BCUT2D eigenvalue weighted by Crippen LogP contribution is 2.22. The summed E-state index contributed by atoms with van der Waals surface area (Å²) < 4.78 is 5.31. The number of nitrogens with zero attached hydrogens (tertiary/aromatic N) is 2. The van der Waals surface area contributed by atoms with E-state index >= 15 is 0 Å². The summed E-state index contributed by atoms with van der Waals surface area (Å²) in [6.07, 6.45) is 1.15. The SMILES string of the molecule is Cc1cccc(OCC(=O)NCC(=O)N/N=C\c2ccc([O-])c([N+](=O)[O-])c2)c1. The van der Waals surface area contributed by atoms with Crippen LogP contribution in [0.5, 0.6) is 11.5 Å². The largest absolute Gasteiger partial charge is 0.868 e. The number of carbonyl (C=O) groups is 2. The molecule has 0 atom stereocenters. The van der Waals surface area contributed by atoms with E-state index in [4.69, 9.17) is 4.74 Å². The van der Waals surface area contributed by atoms with Gasteiger partial charge in [0.15, 0.2) is 6.61 Å². The fourth-order valence-electron chi connectivity index (χ4n) is 2.06. The van der Waals surface area contributed by atoms with Gasteiger partial charge in [-0.25, -0.2) is 5.43 Å². The first-order chi connectivity index (χ1) is 13.3. The maximum Gasteiger partial charge on any atom is 0.262 e. The molecule has 10 nitrogen and oxygen atoms in total. The average molecular weight is 385 g/mol. The number of ether oxygens (including phenoxy) is 1. The molecule has 0 fully saturated rings. The topological polar surface area (TPSA) is 146 Å². The Balaban J connectivity index is 1.75. The molecule has 28 heavy (non-hydrogen) atoms. The first kappa shape index (κ1) is 20.4. The van der Waals surface area contributed by atoms with Gasteiger partial charge in [0, 0.05) is 11.6 Å². The minimum absolute atomic E-state index is 0.245. The molecule has 0 saturated heterocycles. The van der Waals surface area contributed by atoms with Crippen LogP contribution in [0.3, 0.4) is 0 Å². The van der Waals surface area contributed by atoms with Crippen molar-refractivity contribution in [3.05, 3.63) is 63.7 Å². The van der Waals surface area contributed by atoms with Crippen LogP contribution in [0.1, 0.15) is 11.1 Å². The monoisotopic (exact) mass is 385 g/mol. The second-order valence-corrected chi connectivity index (χ2v) is 5.66. The lowest BCUT2D eigenvalue weighted by Crippen LogP contribution is -2.37. The fourth-order valence-corrected chi connectivity index (χ4v) is 2.06. The van der Waals surface area contributed by atoms with Crippen molar-refractivity contribution in [1.82, 2.24) is 10.7 Å². The van der Waals surface area contributed by atoms with Gasteiger partial charge >= 0.3 is 0 Å². The van der Waals surface area contributed by atoms with E-state index < -0.39 is 28.2 Å². The fraction of sp³-hybridized carbons (Fsp3) is 0.167.